The second-order valence-electron chi connectivity index (χ2n) is 8.75. The number of allylic oxidation sites excluding steroid dienone is 2. The standard InChI is InChI=1S/C23H26N2.C9H11F.C2H6/c1-5-17(3)10-9-12-19(6-2)21-14-15-23(25-18(21)4)22-13-8-7-11-20(22)16-24;1-2-4-8-5-3-6-9(10)7-8;1-2/h6-8,11,13-15,19H,2-3,5,9-10,12H2,1,4H3;3,5-7H,2,4H2,1H3;1-2H3. The maximum Gasteiger partial charge on any atom is 0.123 e. The molecule has 37 heavy (non-hydrogen) atoms. The number of pyridine rings is 1. The van der Waals surface area contributed by atoms with Gasteiger partial charge in [-0.1, -0.05) is 88.7 Å². The first-order valence-electron chi connectivity index (χ1n) is 13.4. The van der Waals surface area contributed by atoms with E-state index in [9.17, 15) is 9.65 Å². The lowest BCUT2D eigenvalue weighted by Crippen LogP contribution is -2.02. The van der Waals surface area contributed by atoms with E-state index in [1.54, 1.807) is 12.1 Å². The molecule has 196 valence electrons. The van der Waals surface area contributed by atoms with Gasteiger partial charge in [0.2, 0.25) is 0 Å². The Hall–Kier alpha value is -3.51. The van der Waals surface area contributed by atoms with Gasteiger partial charge in [-0.2, -0.15) is 5.26 Å². The predicted molar refractivity (Wildman–Crippen MR) is 157 cm³/mol. The summed E-state index contributed by atoms with van der Waals surface area (Å²) < 4.78 is 12.5. The van der Waals surface area contributed by atoms with Gasteiger partial charge in [0.25, 0.3) is 0 Å². The van der Waals surface area contributed by atoms with Gasteiger partial charge in [0, 0.05) is 17.2 Å². The van der Waals surface area contributed by atoms with E-state index in [1.807, 2.05) is 63.2 Å². The summed E-state index contributed by atoms with van der Waals surface area (Å²) in [4.78, 5) is 4.76. The third-order valence-corrected chi connectivity index (χ3v) is 6.11. The van der Waals surface area contributed by atoms with Crippen molar-refractivity contribution in [2.24, 2.45) is 0 Å². The topological polar surface area (TPSA) is 36.7 Å². The molecule has 0 N–H and O–H groups in total. The molecule has 0 bridgehead atoms. The van der Waals surface area contributed by atoms with Crippen LogP contribution >= 0.6 is 0 Å². The lowest BCUT2D eigenvalue weighted by atomic mass is 9.91. The number of aryl methyl sites for hydroxylation is 2. The first-order chi connectivity index (χ1) is 17.9. The molecule has 1 aromatic heterocycles. The lowest BCUT2D eigenvalue weighted by Gasteiger charge is -2.16. The quantitative estimate of drug-likeness (QED) is 0.261. The SMILES string of the molecule is C=CC(CCCC(=C)CC)c1ccc(-c2ccccc2C#N)nc1C.CC.CCCc1cccc(F)c1. The van der Waals surface area contributed by atoms with Crippen LogP contribution in [0, 0.1) is 24.1 Å². The molecule has 0 saturated heterocycles. The van der Waals surface area contributed by atoms with E-state index in [2.05, 4.69) is 39.1 Å². The Morgan fingerprint density at radius 2 is 1.81 bits per heavy atom. The Morgan fingerprint density at radius 1 is 1.08 bits per heavy atom. The number of benzene rings is 2. The molecular weight excluding hydrogens is 455 g/mol. The molecule has 0 aliphatic heterocycles. The van der Waals surface area contributed by atoms with Crippen molar-refractivity contribution in [2.45, 2.75) is 79.1 Å². The number of hydrogen-bond acceptors (Lipinski definition) is 2. The molecule has 0 spiro atoms. The Balaban J connectivity index is 0.000000475. The van der Waals surface area contributed by atoms with Gasteiger partial charge in [-0.3, -0.25) is 4.98 Å². The van der Waals surface area contributed by atoms with Gasteiger partial charge in [0.1, 0.15) is 5.82 Å². The summed E-state index contributed by atoms with van der Waals surface area (Å²) in [6.07, 6.45) is 8.34. The maximum absolute atomic E-state index is 12.5. The summed E-state index contributed by atoms with van der Waals surface area (Å²) in [5, 5.41) is 9.29. The first-order valence-corrected chi connectivity index (χ1v) is 13.4. The minimum atomic E-state index is -0.133. The minimum Gasteiger partial charge on any atom is -0.253 e. The van der Waals surface area contributed by atoms with Crippen LogP contribution in [0.5, 0.6) is 0 Å². The van der Waals surface area contributed by atoms with Crippen LogP contribution in [0.1, 0.15) is 88.1 Å². The molecule has 3 aromatic rings. The number of rotatable bonds is 10. The summed E-state index contributed by atoms with van der Waals surface area (Å²) >= 11 is 0. The van der Waals surface area contributed by atoms with E-state index in [-0.39, 0.29) is 5.82 Å². The monoisotopic (exact) mass is 498 g/mol. The summed E-state index contributed by atoms with van der Waals surface area (Å²) in [7, 11) is 0. The van der Waals surface area contributed by atoms with Gasteiger partial charge in [0.05, 0.1) is 17.3 Å². The van der Waals surface area contributed by atoms with E-state index < -0.39 is 0 Å². The fraction of sp³-hybridized carbons (Fsp3) is 0.353. The maximum atomic E-state index is 12.5. The van der Waals surface area contributed by atoms with Crippen molar-refractivity contribution in [3.05, 3.63) is 114 Å². The van der Waals surface area contributed by atoms with Gasteiger partial charge >= 0.3 is 0 Å². The average molecular weight is 499 g/mol. The van der Waals surface area contributed by atoms with E-state index in [0.717, 1.165) is 61.0 Å². The van der Waals surface area contributed by atoms with Crippen LogP contribution in [0.3, 0.4) is 0 Å². The fourth-order valence-electron chi connectivity index (χ4n) is 4.05. The minimum absolute atomic E-state index is 0.133. The Morgan fingerprint density at radius 3 is 2.41 bits per heavy atom. The summed E-state index contributed by atoms with van der Waals surface area (Å²) in [6.45, 7) is 18.4. The Labute approximate surface area is 224 Å². The highest BCUT2D eigenvalue weighted by atomic mass is 19.1. The second kappa shape index (κ2) is 17.8. The number of halogens is 1. The molecule has 2 nitrogen and oxygen atoms in total. The third-order valence-electron chi connectivity index (χ3n) is 6.11. The zero-order chi connectivity index (χ0) is 27.6. The van der Waals surface area contributed by atoms with E-state index >= 15 is 0 Å². The van der Waals surface area contributed by atoms with Gasteiger partial charge in [-0.05, 0) is 74.4 Å². The summed E-state index contributed by atoms with van der Waals surface area (Å²) in [6, 6.07) is 20.7. The smallest absolute Gasteiger partial charge is 0.123 e. The molecule has 1 atom stereocenters. The highest BCUT2D eigenvalue weighted by Gasteiger charge is 2.13. The molecule has 0 aliphatic carbocycles. The molecule has 3 heteroatoms. The normalized spacial score (nSPS) is 10.6. The van der Waals surface area contributed by atoms with Crippen molar-refractivity contribution in [3.8, 4) is 17.3 Å². The van der Waals surface area contributed by atoms with E-state index in [4.69, 9.17) is 4.98 Å². The van der Waals surface area contributed by atoms with Crippen LogP contribution < -0.4 is 0 Å². The third kappa shape index (κ3) is 10.6. The van der Waals surface area contributed by atoms with Crippen LogP contribution in [0.4, 0.5) is 4.39 Å². The highest BCUT2D eigenvalue weighted by molar-refractivity contribution is 5.67. The van der Waals surface area contributed by atoms with Crippen LogP contribution in [0.15, 0.2) is 85.5 Å². The molecule has 0 saturated carbocycles. The predicted octanol–water partition coefficient (Wildman–Crippen LogP) is 10.1. The zero-order valence-corrected chi connectivity index (χ0v) is 23.4. The highest BCUT2D eigenvalue weighted by Crippen LogP contribution is 2.29. The van der Waals surface area contributed by atoms with Crippen LogP contribution in [-0.2, 0) is 6.42 Å². The van der Waals surface area contributed by atoms with Gasteiger partial charge in [-0.25, -0.2) is 4.39 Å². The molecule has 1 unspecified atom stereocenters. The molecule has 0 amide bonds. The van der Waals surface area contributed by atoms with Crippen molar-refractivity contribution in [2.75, 3.05) is 0 Å². The Bertz CT molecular complexity index is 1160. The number of aromatic nitrogens is 1. The van der Waals surface area contributed by atoms with Crippen molar-refractivity contribution >= 4 is 0 Å². The van der Waals surface area contributed by atoms with Crippen LogP contribution in [0.2, 0.25) is 0 Å². The van der Waals surface area contributed by atoms with Crippen LogP contribution in [-0.4, -0.2) is 4.98 Å². The summed E-state index contributed by atoms with van der Waals surface area (Å²) in [5.41, 5.74) is 7.00. The van der Waals surface area contributed by atoms with Crippen molar-refractivity contribution in [3.63, 3.8) is 0 Å². The molecular formula is C34H43FN2. The van der Waals surface area contributed by atoms with Gasteiger partial charge in [0.15, 0.2) is 0 Å². The van der Waals surface area contributed by atoms with Crippen molar-refractivity contribution in [1.29, 1.82) is 5.26 Å². The van der Waals surface area contributed by atoms with Gasteiger partial charge in [-0.15, -0.1) is 6.58 Å². The average Bonchev–Trinajstić information content (AvgIpc) is 2.93. The number of hydrogen-bond donors (Lipinski definition) is 0. The molecule has 2 aromatic carbocycles. The van der Waals surface area contributed by atoms with E-state index in [1.165, 1.54) is 17.2 Å². The number of nitriles is 1. The number of nitrogens with zero attached hydrogens (tertiary/aromatic N) is 2. The largest absolute Gasteiger partial charge is 0.253 e. The van der Waals surface area contributed by atoms with Gasteiger partial charge < -0.3 is 0 Å². The Kier molecular flexibility index (Phi) is 15.2. The lowest BCUT2D eigenvalue weighted by molar-refractivity contribution is 0.625. The zero-order valence-electron chi connectivity index (χ0n) is 23.4. The second-order valence-corrected chi connectivity index (χ2v) is 8.75. The van der Waals surface area contributed by atoms with Crippen LogP contribution in [0.25, 0.3) is 11.3 Å². The van der Waals surface area contributed by atoms with E-state index in [0.29, 0.717) is 11.5 Å². The summed E-state index contributed by atoms with van der Waals surface area (Å²) in [5.74, 6) is 0.170. The molecule has 0 fully saturated rings. The first kappa shape index (κ1) is 31.5. The molecule has 1 heterocycles. The van der Waals surface area contributed by atoms with Crippen molar-refractivity contribution in [1.82, 2.24) is 4.98 Å². The molecule has 0 radical (unpaired) electrons. The fourth-order valence-corrected chi connectivity index (χ4v) is 4.05. The molecule has 3 rings (SSSR count). The molecule has 0 aliphatic rings. The van der Waals surface area contributed by atoms with Crippen molar-refractivity contribution < 1.29 is 4.39 Å².